The van der Waals surface area contributed by atoms with Crippen molar-refractivity contribution in [2.24, 2.45) is 0 Å². The quantitative estimate of drug-likeness (QED) is 0.461. The van der Waals surface area contributed by atoms with Crippen LogP contribution < -0.4 is 19.6 Å². The predicted molar refractivity (Wildman–Crippen MR) is 115 cm³/mol. The van der Waals surface area contributed by atoms with Gasteiger partial charge < -0.3 is 9.47 Å². The van der Waals surface area contributed by atoms with E-state index in [4.69, 9.17) is 9.47 Å². The molecule has 2 heterocycles. The van der Waals surface area contributed by atoms with Crippen LogP contribution in [0.4, 0.5) is 0 Å². The maximum absolute atomic E-state index is 12.8. The molecule has 0 spiro atoms. The van der Waals surface area contributed by atoms with Crippen molar-refractivity contribution in [2.75, 3.05) is 13.7 Å². The number of aromatic nitrogens is 3. The third-order valence-electron chi connectivity index (χ3n) is 4.41. The van der Waals surface area contributed by atoms with E-state index >= 15 is 0 Å². The number of fused-ring (bicyclic) bond motifs is 1. The van der Waals surface area contributed by atoms with Crippen molar-refractivity contribution >= 4 is 22.4 Å². The summed E-state index contributed by atoms with van der Waals surface area (Å²) in [5, 5.41) is 4.42. The summed E-state index contributed by atoms with van der Waals surface area (Å²) < 4.78 is 12.9. The minimum atomic E-state index is -0.191. The predicted octanol–water partition coefficient (Wildman–Crippen LogP) is 3.25. The normalized spacial score (nSPS) is 11.7. The second kappa shape index (κ2) is 7.89. The number of benzene rings is 2. The Hall–Kier alpha value is -3.45. The molecule has 146 valence electrons. The van der Waals surface area contributed by atoms with Crippen LogP contribution in [0.15, 0.2) is 59.9 Å². The highest BCUT2D eigenvalue weighted by atomic mass is 32.1. The molecule has 0 aliphatic heterocycles. The van der Waals surface area contributed by atoms with Crippen molar-refractivity contribution in [3.8, 4) is 22.9 Å². The SMILES string of the molecule is C=CCOc1ccc(C=c2sc3nc(-c4ccccc4C)nn3c2=O)cc1OC. The van der Waals surface area contributed by atoms with Gasteiger partial charge >= 0.3 is 0 Å². The average Bonchev–Trinajstić information content (AvgIpc) is 3.26. The molecule has 6 nitrogen and oxygen atoms in total. The molecule has 0 aliphatic rings. The van der Waals surface area contributed by atoms with E-state index in [1.807, 2.05) is 49.4 Å². The second-order valence-electron chi connectivity index (χ2n) is 6.37. The highest BCUT2D eigenvalue weighted by Crippen LogP contribution is 2.28. The molecular formula is C22H19N3O3S. The van der Waals surface area contributed by atoms with Crippen LogP contribution in [0.1, 0.15) is 11.1 Å². The zero-order valence-corrected chi connectivity index (χ0v) is 16.9. The lowest BCUT2D eigenvalue weighted by Gasteiger charge is -2.09. The Balaban J connectivity index is 1.73. The molecule has 0 unspecified atom stereocenters. The van der Waals surface area contributed by atoms with Gasteiger partial charge in [0.15, 0.2) is 17.3 Å². The lowest BCUT2D eigenvalue weighted by atomic mass is 10.1. The highest BCUT2D eigenvalue weighted by molar-refractivity contribution is 7.15. The number of methoxy groups -OCH3 is 1. The molecule has 0 atom stereocenters. The van der Waals surface area contributed by atoms with E-state index in [0.717, 1.165) is 16.7 Å². The van der Waals surface area contributed by atoms with Gasteiger partial charge in [0.2, 0.25) is 4.96 Å². The summed E-state index contributed by atoms with van der Waals surface area (Å²) in [6.07, 6.45) is 3.47. The first kappa shape index (κ1) is 18.9. The van der Waals surface area contributed by atoms with Crippen LogP contribution in [0, 0.1) is 6.92 Å². The third-order valence-corrected chi connectivity index (χ3v) is 5.37. The summed E-state index contributed by atoms with van der Waals surface area (Å²) in [6.45, 7) is 6.03. The number of ether oxygens (including phenoxy) is 2. The van der Waals surface area contributed by atoms with Crippen LogP contribution in [0.25, 0.3) is 22.4 Å². The van der Waals surface area contributed by atoms with E-state index in [1.54, 1.807) is 19.3 Å². The molecule has 0 saturated heterocycles. The molecule has 2 aromatic carbocycles. The standard InChI is InChI=1S/C22H19N3O3S/c1-4-11-28-17-10-9-15(12-18(17)27-3)13-19-21(26)25-22(29-19)23-20(24-25)16-8-6-5-7-14(16)2/h4-10,12-13H,1,11H2,2-3H3. The minimum absolute atomic E-state index is 0.191. The fourth-order valence-electron chi connectivity index (χ4n) is 2.96. The molecule has 0 amide bonds. The van der Waals surface area contributed by atoms with Crippen molar-refractivity contribution in [1.82, 2.24) is 14.6 Å². The molecule has 29 heavy (non-hydrogen) atoms. The van der Waals surface area contributed by atoms with Crippen molar-refractivity contribution in [3.05, 3.63) is 81.1 Å². The summed E-state index contributed by atoms with van der Waals surface area (Å²) in [7, 11) is 1.58. The van der Waals surface area contributed by atoms with Crippen LogP contribution in [0.5, 0.6) is 11.5 Å². The van der Waals surface area contributed by atoms with Crippen LogP contribution in [-0.2, 0) is 0 Å². The first-order chi connectivity index (χ1) is 14.1. The maximum Gasteiger partial charge on any atom is 0.291 e. The van der Waals surface area contributed by atoms with E-state index in [-0.39, 0.29) is 5.56 Å². The topological polar surface area (TPSA) is 65.7 Å². The number of thiazole rings is 1. The third kappa shape index (κ3) is 3.64. The van der Waals surface area contributed by atoms with Crippen molar-refractivity contribution in [2.45, 2.75) is 6.92 Å². The molecular weight excluding hydrogens is 386 g/mol. The summed E-state index contributed by atoms with van der Waals surface area (Å²) in [4.78, 5) is 17.9. The average molecular weight is 405 g/mol. The van der Waals surface area contributed by atoms with E-state index in [2.05, 4.69) is 16.7 Å². The van der Waals surface area contributed by atoms with Gasteiger partial charge in [0.25, 0.3) is 5.56 Å². The van der Waals surface area contributed by atoms with Crippen molar-refractivity contribution < 1.29 is 9.47 Å². The van der Waals surface area contributed by atoms with Crippen LogP contribution in [-0.4, -0.2) is 28.3 Å². The monoisotopic (exact) mass is 405 g/mol. The molecule has 2 aromatic heterocycles. The van der Waals surface area contributed by atoms with Crippen LogP contribution >= 0.6 is 11.3 Å². The van der Waals surface area contributed by atoms with Gasteiger partial charge in [-0.05, 0) is 36.3 Å². The molecule has 7 heteroatoms. The van der Waals surface area contributed by atoms with Crippen molar-refractivity contribution in [1.29, 1.82) is 0 Å². The van der Waals surface area contributed by atoms with Gasteiger partial charge in [0, 0.05) is 5.56 Å². The molecule has 0 N–H and O–H groups in total. The zero-order valence-electron chi connectivity index (χ0n) is 16.1. The number of nitrogens with zero attached hydrogens (tertiary/aromatic N) is 3. The summed E-state index contributed by atoms with van der Waals surface area (Å²) in [5.41, 5.74) is 2.63. The molecule has 0 bridgehead atoms. The maximum atomic E-state index is 12.8. The summed E-state index contributed by atoms with van der Waals surface area (Å²) in [6, 6.07) is 13.4. The number of hydrogen-bond acceptors (Lipinski definition) is 6. The second-order valence-corrected chi connectivity index (χ2v) is 7.38. The largest absolute Gasteiger partial charge is 0.493 e. The lowest BCUT2D eigenvalue weighted by molar-refractivity contribution is 0.326. The molecule has 0 radical (unpaired) electrons. The fourth-order valence-corrected chi connectivity index (χ4v) is 3.87. The Morgan fingerprint density at radius 1 is 1.21 bits per heavy atom. The molecule has 0 saturated carbocycles. The van der Waals surface area contributed by atoms with E-state index in [1.165, 1.54) is 15.9 Å². The van der Waals surface area contributed by atoms with E-state index < -0.39 is 0 Å². The van der Waals surface area contributed by atoms with Gasteiger partial charge in [-0.2, -0.15) is 9.50 Å². The van der Waals surface area contributed by atoms with Gasteiger partial charge in [-0.15, -0.1) is 5.10 Å². The minimum Gasteiger partial charge on any atom is -0.493 e. The number of hydrogen-bond donors (Lipinski definition) is 0. The first-order valence-corrected chi connectivity index (χ1v) is 9.81. The van der Waals surface area contributed by atoms with Crippen LogP contribution in [0.2, 0.25) is 0 Å². The Morgan fingerprint density at radius 2 is 2.03 bits per heavy atom. The first-order valence-electron chi connectivity index (χ1n) is 8.99. The van der Waals surface area contributed by atoms with Crippen molar-refractivity contribution in [3.63, 3.8) is 0 Å². The van der Waals surface area contributed by atoms with Gasteiger partial charge in [-0.1, -0.05) is 54.3 Å². The fraction of sp³-hybridized carbons (Fsp3) is 0.136. The van der Waals surface area contributed by atoms with Gasteiger partial charge in [0.1, 0.15) is 6.61 Å². The summed E-state index contributed by atoms with van der Waals surface area (Å²) >= 11 is 1.31. The van der Waals surface area contributed by atoms with Gasteiger partial charge in [-0.25, -0.2) is 0 Å². The Labute approximate surface area is 171 Å². The Morgan fingerprint density at radius 3 is 2.76 bits per heavy atom. The lowest BCUT2D eigenvalue weighted by Crippen LogP contribution is -2.23. The van der Waals surface area contributed by atoms with Crippen LogP contribution in [0.3, 0.4) is 0 Å². The van der Waals surface area contributed by atoms with Gasteiger partial charge in [0.05, 0.1) is 11.6 Å². The molecule has 0 aliphatic carbocycles. The van der Waals surface area contributed by atoms with E-state index in [9.17, 15) is 4.79 Å². The number of aryl methyl sites for hydroxylation is 1. The zero-order chi connectivity index (χ0) is 20.4. The van der Waals surface area contributed by atoms with Gasteiger partial charge in [-0.3, -0.25) is 4.79 Å². The Kier molecular flexibility index (Phi) is 5.14. The molecule has 0 fully saturated rings. The smallest absolute Gasteiger partial charge is 0.291 e. The molecule has 4 rings (SSSR count). The Bertz CT molecular complexity index is 1310. The molecule has 4 aromatic rings. The van der Waals surface area contributed by atoms with E-state index in [0.29, 0.717) is 33.4 Å². The highest BCUT2D eigenvalue weighted by Gasteiger charge is 2.13. The number of rotatable bonds is 6. The summed E-state index contributed by atoms with van der Waals surface area (Å²) in [5.74, 6) is 1.77.